The van der Waals surface area contributed by atoms with Crippen LogP contribution in [0.15, 0.2) is 0 Å². The molecule has 3 N–H and O–H groups in total. The number of rotatable bonds is 72. The van der Waals surface area contributed by atoms with E-state index in [2.05, 4.69) is 55.4 Å². The largest absolute Gasteiger partial charge is 0.472 e. The van der Waals surface area contributed by atoms with Crippen LogP contribution in [0.2, 0.25) is 0 Å². The number of aliphatic hydroxyl groups excluding tert-OH is 1. The fourth-order valence-corrected chi connectivity index (χ4v) is 12.9. The maximum absolute atomic E-state index is 13.1. The van der Waals surface area contributed by atoms with Gasteiger partial charge in [0.25, 0.3) is 0 Å². The van der Waals surface area contributed by atoms with Crippen molar-refractivity contribution in [3.8, 4) is 0 Å². The number of aliphatic hydroxyl groups is 1. The first-order valence-electron chi connectivity index (χ1n) is 38.8. The van der Waals surface area contributed by atoms with E-state index in [1.165, 1.54) is 167 Å². The lowest BCUT2D eigenvalue weighted by atomic mass is 10.00. The zero-order chi connectivity index (χ0) is 69.6. The monoisotopic (exact) mass is 1380 g/mol. The Balaban J connectivity index is 5.22. The molecule has 0 radical (unpaired) electrons. The average Bonchev–Trinajstić information content (AvgIpc) is 1.99. The minimum absolute atomic E-state index is 0.106. The lowest BCUT2D eigenvalue weighted by molar-refractivity contribution is -0.161. The Morgan fingerprint density at radius 2 is 0.511 bits per heavy atom. The Hall–Kier alpha value is -1.94. The molecule has 17 nitrogen and oxygen atoms in total. The highest BCUT2D eigenvalue weighted by Gasteiger charge is 2.30. The molecule has 0 fully saturated rings. The Morgan fingerprint density at radius 1 is 0.298 bits per heavy atom. The number of ether oxygens (including phenoxy) is 4. The van der Waals surface area contributed by atoms with Crippen LogP contribution < -0.4 is 0 Å². The maximum atomic E-state index is 13.1. The molecule has 558 valence electrons. The van der Waals surface area contributed by atoms with Gasteiger partial charge in [0, 0.05) is 25.7 Å². The van der Waals surface area contributed by atoms with Gasteiger partial charge in [0.1, 0.15) is 19.3 Å². The Bertz CT molecular complexity index is 1850. The lowest BCUT2D eigenvalue weighted by Crippen LogP contribution is -2.30. The van der Waals surface area contributed by atoms with Crippen LogP contribution in [-0.2, 0) is 65.4 Å². The van der Waals surface area contributed by atoms with Crippen LogP contribution >= 0.6 is 15.6 Å². The molecular weight excluding hydrogens is 1230 g/mol. The van der Waals surface area contributed by atoms with Crippen LogP contribution in [0.5, 0.6) is 0 Å². The summed E-state index contributed by atoms with van der Waals surface area (Å²) in [4.78, 5) is 72.7. The average molecular weight is 1380 g/mol. The number of esters is 4. The van der Waals surface area contributed by atoms with Crippen molar-refractivity contribution in [2.45, 2.75) is 395 Å². The first kappa shape index (κ1) is 92.1. The van der Waals surface area contributed by atoms with Gasteiger partial charge < -0.3 is 33.8 Å². The Morgan fingerprint density at radius 3 is 0.755 bits per heavy atom. The predicted molar refractivity (Wildman–Crippen MR) is 381 cm³/mol. The fraction of sp³-hybridized carbons (Fsp3) is 0.947. The standard InChI is InChI=1S/C75H146O17P2/c1-9-67(7)53-45-37-31-33-39-47-55-72(77)85-61-70(91-74(79)57-49-41-29-25-21-17-13-11-12-15-19-23-27-35-43-51-65(3)4)63-89-93(81,82)87-59-69(76)60-88-94(83,84)90-64-71(62-86-73(78)56-48-40-34-32-38-46-54-68(8)10-2)92-75(80)58-50-42-30-26-22-18-14-16-20-24-28-36-44-52-66(5)6/h65-71,76H,9-64H2,1-8H3,(H,81,82)(H,83,84)/t67?,68?,69-,70-,71-/m1/s1. The maximum Gasteiger partial charge on any atom is 0.472 e. The van der Waals surface area contributed by atoms with E-state index in [4.69, 9.17) is 37.0 Å². The highest BCUT2D eigenvalue weighted by molar-refractivity contribution is 7.47. The molecule has 0 aromatic carbocycles. The van der Waals surface area contributed by atoms with Crippen LogP contribution in [0.25, 0.3) is 0 Å². The number of phosphoric acid groups is 2. The summed E-state index contributed by atoms with van der Waals surface area (Å²) in [5.74, 6) is 0.927. The van der Waals surface area contributed by atoms with Crippen molar-refractivity contribution in [3.63, 3.8) is 0 Å². The molecular formula is C75H146O17P2. The number of unbranched alkanes of at least 4 members (excludes halogenated alkanes) is 36. The molecule has 4 unspecified atom stereocenters. The minimum Gasteiger partial charge on any atom is -0.462 e. The highest BCUT2D eigenvalue weighted by Crippen LogP contribution is 2.45. The van der Waals surface area contributed by atoms with Gasteiger partial charge in [-0.25, -0.2) is 9.13 Å². The molecule has 0 rings (SSSR count). The van der Waals surface area contributed by atoms with Gasteiger partial charge in [-0.1, -0.05) is 325 Å². The van der Waals surface area contributed by atoms with Crippen molar-refractivity contribution in [1.82, 2.24) is 0 Å². The van der Waals surface area contributed by atoms with E-state index in [1.807, 2.05) is 0 Å². The summed E-state index contributed by atoms with van der Waals surface area (Å²) in [6, 6.07) is 0. The summed E-state index contributed by atoms with van der Waals surface area (Å²) in [5.41, 5.74) is 0. The summed E-state index contributed by atoms with van der Waals surface area (Å²) in [6.45, 7) is 14.2. The quantitative estimate of drug-likeness (QED) is 0.0222. The van der Waals surface area contributed by atoms with Gasteiger partial charge in [-0.15, -0.1) is 0 Å². The van der Waals surface area contributed by atoms with Gasteiger partial charge in [-0.3, -0.25) is 37.3 Å². The van der Waals surface area contributed by atoms with Crippen molar-refractivity contribution in [3.05, 3.63) is 0 Å². The third kappa shape index (κ3) is 66.0. The third-order valence-electron chi connectivity index (χ3n) is 18.0. The summed E-state index contributed by atoms with van der Waals surface area (Å²) in [7, 11) is -9.91. The van der Waals surface area contributed by atoms with Crippen LogP contribution in [0, 0.1) is 23.7 Å². The SMILES string of the molecule is CCC(C)CCCCCCCCC(=O)OC[C@H](COP(=O)(O)OC[C@@H](O)COP(=O)(O)OC[C@@H](COC(=O)CCCCCCCCC(C)CC)OC(=O)CCCCCCCCCCCCCCCC(C)C)OC(=O)CCCCCCCCCCCCCCCCCC(C)C. The normalized spacial score (nSPS) is 14.7. The molecule has 0 aliphatic carbocycles. The second-order valence-corrected chi connectivity index (χ2v) is 31.4. The van der Waals surface area contributed by atoms with E-state index in [-0.39, 0.29) is 25.7 Å². The van der Waals surface area contributed by atoms with Gasteiger partial charge in [0.05, 0.1) is 26.4 Å². The number of carbonyl (C=O) groups is 4. The van der Waals surface area contributed by atoms with Gasteiger partial charge in [-0.05, 0) is 49.4 Å². The van der Waals surface area contributed by atoms with Crippen molar-refractivity contribution in [2.75, 3.05) is 39.6 Å². The van der Waals surface area contributed by atoms with E-state index in [9.17, 15) is 43.2 Å². The first-order valence-corrected chi connectivity index (χ1v) is 41.8. The van der Waals surface area contributed by atoms with Gasteiger partial charge in [0.2, 0.25) is 0 Å². The molecule has 7 atom stereocenters. The molecule has 0 saturated carbocycles. The van der Waals surface area contributed by atoms with Crippen LogP contribution in [-0.4, -0.2) is 96.7 Å². The summed E-state index contributed by atoms with van der Waals surface area (Å²) in [5, 5.41) is 10.6. The summed E-state index contributed by atoms with van der Waals surface area (Å²) < 4.78 is 68.5. The Kier molecular flexibility index (Phi) is 63.1. The first-order chi connectivity index (χ1) is 45.2. The Labute approximate surface area is 575 Å². The van der Waals surface area contributed by atoms with Crippen LogP contribution in [0.1, 0.15) is 376 Å². The highest BCUT2D eigenvalue weighted by atomic mass is 31.2. The van der Waals surface area contributed by atoms with Gasteiger partial charge in [0.15, 0.2) is 12.2 Å². The smallest absolute Gasteiger partial charge is 0.462 e. The van der Waals surface area contributed by atoms with E-state index in [1.54, 1.807) is 0 Å². The van der Waals surface area contributed by atoms with Crippen molar-refractivity contribution in [2.24, 2.45) is 23.7 Å². The van der Waals surface area contributed by atoms with Crippen LogP contribution in [0.3, 0.4) is 0 Å². The summed E-state index contributed by atoms with van der Waals surface area (Å²) >= 11 is 0. The van der Waals surface area contributed by atoms with E-state index in [0.717, 1.165) is 126 Å². The molecule has 0 saturated heterocycles. The zero-order valence-electron chi connectivity index (χ0n) is 61.6. The van der Waals surface area contributed by atoms with Crippen LogP contribution in [0.4, 0.5) is 0 Å². The number of carbonyl (C=O) groups excluding carboxylic acids is 4. The van der Waals surface area contributed by atoms with Crippen molar-refractivity contribution < 1.29 is 80.2 Å². The predicted octanol–water partition coefficient (Wildman–Crippen LogP) is 21.7. The number of hydrogen-bond donors (Lipinski definition) is 3. The lowest BCUT2D eigenvalue weighted by Gasteiger charge is -2.21. The molecule has 0 amide bonds. The second-order valence-electron chi connectivity index (χ2n) is 28.5. The summed E-state index contributed by atoms with van der Waals surface area (Å²) in [6.07, 6.45) is 48.6. The van der Waals surface area contributed by atoms with E-state index in [0.29, 0.717) is 25.7 Å². The molecule has 19 heteroatoms. The molecule has 0 aliphatic heterocycles. The molecule has 0 aromatic rings. The van der Waals surface area contributed by atoms with Crippen molar-refractivity contribution >= 4 is 39.5 Å². The molecule has 0 aromatic heterocycles. The van der Waals surface area contributed by atoms with Gasteiger partial charge >= 0.3 is 39.5 Å². The minimum atomic E-state index is -4.96. The van der Waals surface area contributed by atoms with E-state index >= 15 is 0 Å². The van der Waals surface area contributed by atoms with Crippen molar-refractivity contribution in [1.29, 1.82) is 0 Å². The molecule has 0 heterocycles. The molecule has 0 spiro atoms. The molecule has 0 aliphatic rings. The zero-order valence-corrected chi connectivity index (χ0v) is 63.4. The molecule has 94 heavy (non-hydrogen) atoms. The fourth-order valence-electron chi connectivity index (χ4n) is 11.3. The van der Waals surface area contributed by atoms with Gasteiger partial charge in [-0.2, -0.15) is 0 Å². The topological polar surface area (TPSA) is 237 Å². The molecule has 0 bridgehead atoms. The number of phosphoric ester groups is 2. The number of hydrogen-bond acceptors (Lipinski definition) is 15. The second kappa shape index (κ2) is 64.4. The third-order valence-corrected chi connectivity index (χ3v) is 19.9. The van der Waals surface area contributed by atoms with E-state index < -0.39 is 97.5 Å².